The highest BCUT2D eigenvalue weighted by Gasteiger charge is 2.30. The van der Waals surface area contributed by atoms with E-state index in [9.17, 15) is 4.79 Å². The van der Waals surface area contributed by atoms with Crippen LogP contribution in [0, 0.1) is 20.8 Å². The molecule has 4 aromatic rings. The zero-order valence-electron chi connectivity index (χ0n) is 18.2. The Morgan fingerprint density at radius 3 is 2.74 bits per heavy atom. The fourth-order valence-corrected chi connectivity index (χ4v) is 4.82. The molecule has 1 aliphatic heterocycles. The summed E-state index contributed by atoms with van der Waals surface area (Å²) in [6.07, 6.45) is 3.98. The van der Waals surface area contributed by atoms with Gasteiger partial charge >= 0.3 is 0 Å². The Bertz CT molecular complexity index is 1270. The first-order valence-electron chi connectivity index (χ1n) is 10.9. The standard InChI is InChI=1S/C25H27N5O/c1-17-8-6-10-21(14-17)30-18(2)15-22(19(30)3)25(31)28-12-7-9-20(16-28)24-27-26-23-11-4-5-13-29(23)24/h4-6,8,10-11,13-15,20H,7,9,12,16H2,1-3H3. The lowest BCUT2D eigenvalue weighted by molar-refractivity contribution is 0.0703. The third kappa shape index (κ3) is 3.42. The quantitative estimate of drug-likeness (QED) is 0.498. The number of carbonyl (C=O) groups excluding carboxylic acids is 1. The van der Waals surface area contributed by atoms with Crippen LogP contribution in [0.15, 0.2) is 54.7 Å². The molecule has 1 unspecified atom stereocenters. The van der Waals surface area contributed by atoms with E-state index in [1.807, 2.05) is 46.7 Å². The van der Waals surface area contributed by atoms with Crippen molar-refractivity contribution < 1.29 is 4.79 Å². The molecule has 1 fully saturated rings. The van der Waals surface area contributed by atoms with Crippen LogP contribution >= 0.6 is 0 Å². The number of rotatable bonds is 3. The molecule has 0 N–H and O–H groups in total. The van der Waals surface area contributed by atoms with Gasteiger partial charge < -0.3 is 9.47 Å². The number of hydrogen-bond donors (Lipinski definition) is 0. The van der Waals surface area contributed by atoms with E-state index in [0.717, 1.165) is 53.5 Å². The van der Waals surface area contributed by atoms with E-state index in [4.69, 9.17) is 0 Å². The van der Waals surface area contributed by atoms with Gasteiger partial charge in [-0.25, -0.2) is 0 Å². The molecule has 6 heteroatoms. The van der Waals surface area contributed by atoms with Gasteiger partial charge in [-0.05, 0) is 69.5 Å². The lowest BCUT2D eigenvalue weighted by atomic mass is 9.96. The van der Waals surface area contributed by atoms with E-state index in [1.54, 1.807) is 0 Å². The van der Waals surface area contributed by atoms with Gasteiger partial charge in [-0.1, -0.05) is 18.2 Å². The number of benzene rings is 1. The molecular weight excluding hydrogens is 386 g/mol. The second-order valence-electron chi connectivity index (χ2n) is 8.54. The third-order valence-corrected chi connectivity index (χ3v) is 6.34. The van der Waals surface area contributed by atoms with Gasteiger partial charge in [0, 0.05) is 42.3 Å². The average molecular weight is 414 g/mol. The van der Waals surface area contributed by atoms with Crippen molar-refractivity contribution in [3.05, 3.63) is 83.1 Å². The van der Waals surface area contributed by atoms with Crippen molar-refractivity contribution in [2.45, 2.75) is 39.5 Å². The molecule has 1 aromatic carbocycles. The number of likely N-dealkylation sites (tertiary alicyclic amines) is 1. The first kappa shape index (κ1) is 19.5. The van der Waals surface area contributed by atoms with Crippen LogP contribution in [0.4, 0.5) is 0 Å². The molecule has 0 bridgehead atoms. The molecule has 31 heavy (non-hydrogen) atoms. The number of nitrogens with zero attached hydrogens (tertiary/aromatic N) is 5. The molecule has 0 aliphatic carbocycles. The molecule has 158 valence electrons. The van der Waals surface area contributed by atoms with Crippen molar-refractivity contribution in [3.8, 4) is 5.69 Å². The van der Waals surface area contributed by atoms with E-state index in [2.05, 4.69) is 52.9 Å². The number of pyridine rings is 1. The highest BCUT2D eigenvalue weighted by Crippen LogP contribution is 2.29. The molecule has 1 atom stereocenters. The van der Waals surface area contributed by atoms with Crippen LogP contribution in [-0.2, 0) is 0 Å². The summed E-state index contributed by atoms with van der Waals surface area (Å²) in [6.45, 7) is 7.64. The van der Waals surface area contributed by atoms with Crippen molar-refractivity contribution in [1.82, 2.24) is 24.1 Å². The molecule has 6 nitrogen and oxygen atoms in total. The first-order chi connectivity index (χ1) is 15.0. The van der Waals surface area contributed by atoms with Gasteiger partial charge in [0.25, 0.3) is 5.91 Å². The van der Waals surface area contributed by atoms with Crippen molar-refractivity contribution in [1.29, 1.82) is 0 Å². The molecule has 0 saturated carbocycles. The Morgan fingerprint density at radius 2 is 1.90 bits per heavy atom. The summed E-state index contributed by atoms with van der Waals surface area (Å²) in [5, 5.41) is 8.74. The number of fused-ring (bicyclic) bond motifs is 1. The van der Waals surface area contributed by atoms with Crippen LogP contribution < -0.4 is 0 Å². The Labute approximate surface area is 182 Å². The summed E-state index contributed by atoms with van der Waals surface area (Å²) in [6, 6.07) is 16.3. The van der Waals surface area contributed by atoms with Crippen LogP contribution in [0.5, 0.6) is 0 Å². The Balaban J connectivity index is 1.43. The van der Waals surface area contributed by atoms with Gasteiger partial charge in [-0.3, -0.25) is 9.20 Å². The lowest BCUT2D eigenvalue weighted by Crippen LogP contribution is -2.39. The number of hydrogen-bond acceptors (Lipinski definition) is 3. The number of aromatic nitrogens is 4. The second kappa shape index (κ2) is 7.69. The molecule has 3 aromatic heterocycles. The van der Waals surface area contributed by atoms with Crippen molar-refractivity contribution in [2.24, 2.45) is 0 Å². The van der Waals surface area contributed by atoms with Crippen molar-refractivity contribution in [2.75, 3.05) is 13.1 Å². The predicted molar refractivity (Wildman–Crippen MR) is 121 cm³/mol. The van der Waals surface area contributed by atoms with Gasteiger partial charge in [0.05, 0.1) is 5.56 Å². The van der Waals surface area contributed by atoms with E-state index in [1.165, 1.54) is 5.56 Å². The molecule has 0 radical (unpaired) electrons. The Morgan fingerprint density at radius 1 is 1.03 bits per heavy atom. The first-order valence-corrected chi connectivity index (χ1v) is 10.9. The summed E-state index contributed by atoms with van der Waals surface area (Å²) in [4.78, 5) is 15.5. The summed E-state index contributed by atoms with van der Waals surface area (Å²) in [5.41, 5.74) is 6.00. The fraction of sp³-hybridized carbons (Fsp3) is 0.320. The summed E-state index contributed by atoms with van der Waals surface area (Å²) >= 11 is 0. The van der Waals surface area contributed by atoms with E-state index in [-0.39, 0.29) is 11.8 Å². The number of aryl methyl sites for hydroxylation is 2. The zero-order chi connectivity index (χ0) is 21.5. The normalized spacial score (nSPS) is 16.7. The van der Waals surface area contributed by atoms with Crippen LogP contribution in [-0.4, -0.2) is 43.1 Å². The zero-order valence-corrected chi connectivity index (χ0v) is 18.2. The highest BCUT2D eigenvalue weighted by atomic mass is 16.2. The van der Waals surface area contributed by atoms with Crippen LogP contribution in [0.2, 0.25) is 0 Å². The highest BCUT2D eigenvalue weighted by molar-refractivity contribution is 5.96. The number of amides is 1. The van der Waals surface area contributed by atoms with Gasteiger partial charge in [0.2, 0.25) is 0 Å². The van der Waals surface area contributed by atoms with Crippen LogP contribution in [0.1, 0.15) is 51.9 Å². The molecule has 1 amide bonds. The topological polar surface area (TPSA) is 55.4 Å². The molecular formula is C25H27N5O. The minimum atomic E-state index is 0.102. The van der Waals surface area contributed by atoms with E-state index >= 15 is 0 Å². The number of piperidine rings is 1. The minimum Gasteiger partial charge on any atom is -0.338 e. The summed E-state index contributed by atoms with van der Waals surface area (Å²) in [5.74, 6) is 1.24. The molecule has 5 rings (SSSR count). The van der Waals surface area contributed by atoms with Gasteiger partial charge in [-0.2, -0.15) is 0 Å². The van der Waals surface area contributed by atoms with Gasteiger partial charge in [0.15, 0.2) is 5.65 Å². The monoisotopic (exact) mass is 413 g/mol. The smallest absolute Gasteiger partial charge is 0.255 e. The molecule has 0 spiro atoms. The van der Waals surface area contributed by atoms with Gasteiger partial charge in [-0.15, -0.1) is 10.2 Å². The Hall–Kier alpha value is -3.41. The van der Waals surface area contributed by atoms with Crippen molar-refractivity contribution >= 4 is 11.6 Å². The maximum Gasteiger partial charge on any atom is 0.255 e. The predicted octanol–water partition coefficient (Wildman–Crippen LogP) is 4.47. The van der Waals surface area contributed by atoms with E-state index < -0.39 is 0 Å². The summed E-state index contributed by atoms with van der Waals surface area (Å²) < 4.78 is 4.22. The maximum atomic E-state index is 13.5. The summed E-state index contributed by atoms with van der Waals surface area (Å²) in [7, 11) is 0. The lowest BCUT2D eigenvalue weighted by Gasteiger charge is -2.32. The van der Waals surface area contributed by atoms with Crippen LogP contribution in [0.25, 0.3) is 11.3 Å². The fourth-order valence-electron chi connectivity index (χ4n) is 4.82. The number of carbonyl (C=O) groups is 1. The maximum absolute atomic E-state index is 13.5. The van der Waals surface area contributed by atoms with Gasteiger partial charge in [0.1, 0.15) is 5.82 Å². The molecule has 1 aliphatic rings. The average Bonchev–Trinajstić information content (AvgIpc) is 3.34. The minimum absolute atomic E-state index is 0.102. The van der Waals surface area contributed by atoms with E-state index in [0.29, 0.717) is 6.54 Å². The second-order valence-corrected chi connectivity index (χ2v) is 8.54. The molecule has 4 heterocycles. The SMILES string of the molecule is Cc1cccc(-n2c(C)cc(C(=O)N3CCCC(c4nnc5ccccn45)C3)c2C)c1. The Kier molecular flexibility index (Phi) is 4.85. The largest absolute Gasteiger partial charge is 0.338 e. The van der Waals surface area contributed by atoms with Crippen LogP contribution in [0.3, 0.4) is 0 Å². The third-order valence-electron chi connectivity index (χ3n) is 6.34. The van der Waals surface area contributed by atoms with Crippen molar-refractivity contribution in [3.63, 3.8) is 0 Å². The molecule has 1 saturated heterocycles.